The topological polar surface area (TPSA) is 17.1 Å². The summed E-state index contributed by atoms with van der Waals surface area (Å²) in [6.45, 7) is 1.53. The Balaban J connectivity index is 2.93. The minimum atomic E-state index is 0.0676. The quantitative estimate of drug-likeness (QED) is 0.720. The number of halogens is 2. The molecule has 0 heterocycles. The molecule has 0 aliphatic heterocycles. The predicted molar refractivity (Wildman–Crippen MR) is 55.7 cm³/mol. The number of carbonyl (C=O) groups is 1. The van der Waals surface area contributed by atoms with Crippen LogP contribution >= 0.6 is 39.3 Å². The smallest absolute Gasteiger partial charge is 0.190 e. The van der Waals surface area contributed by atoms with Crippen LogP contribution in [0.15, 0.2) is 27.6 Å². The lowest BCUT2D eigenvalue weighted by molar-refractivity contribution is -0.109. The Morgan fingerprint density at radius 2 is 2.25 bits per heavy atom. The zero-order valence-corrected chi connectivity index (χ0v) is 9.46. The molecule has 0 saturated carbocycles. The minimum absolute atomic E-state index is 0.0676. The van der Waals surface area contributed by atoms with E-state index in [1.165, 1.54) is 18.7 Å². The first-order chi connectivity index (χ1) is 5.59. The summed E-state index contributed by atoms with van der Waals surface area (Å²) in [5.74, 6) is 0. The van der Waals surface area contributed by atoms with Gasteiger partial charge in [0.2, 0.25) is 0 Å². The molecule has 64 valence electrons. The summed E-state index contributed by atoms with van der Waals surface area (Å²) in [6.07, 6.45) is 0. The molecule has 1 aromatic rings. The highest BCUT2D eigenvalue weighted by atomic mass is 79.9. The molecule has 0 atom stereocenters. The van der Waals surface area contributed by atoms with Gasteiger partial charge in [-0.25, -0.2) is 0 Å². The van der Waals surface area contributed by atoms with Gasteiger partial charge in [0.25, 0.3) is 0 Å². The molecule has 0 unspecified atom stereocenters. The molecule has 0 spiro atoms. The summed E-state index contributed by atoms with van der Waals surface area (Å²) in [7, 11) is 0. The van der Waals surface area contributed by atoms with E-state index in [-0.39, 0.29) is 5.12 Å². The Labute approximate surface area is 88.6 Å². The molecule has 12 heavy (non-hydrogen) atoms. The summed E-state index contributed by atoms with van der Waals surface area (Å²) < 4.78 is 0.857. The maximum atomic E-state index is 10.8. The molecular weight excluding hydrogens is 260 g/mol. The third kappa shape index (κ3) is 2.81. The van der Waals surface area contributed by atoms with Crippen molar-refractivity contribution in [2.24, 2.45) is 0 Å². The molecule has 0 amide bonds. The predicted octanol–water partition coefficient (Wildman–Crippen LogP) is 3.74. The highest BCUT2D eigenvalue weighted by Crippen LogP contribution is 2.30. The standard InChI is InChI=1S/C8H6BrClOS/c1-5(11)12-8-3-2-6(10)4-7(8)9/h2-4H,1H3. The van der Waals surface area contributed by atoms with Crippen LogP contribution in [0.1, 0.15) is 6.92 Å². The second-order valence-corrected chi connectivity index (χ2v) is 4.68. The lowest BCUT2D eigenvalue weighted by Crippen LogP contribution is -1.82. The SMILES string of the molecule is CC(=O)Sc1ccc(Cl)cc1Br. The van der Waals surface area contributed by atoms with Gasteiger partial charge in [-0.05, 0) is 34.1 Å². The van der Waals surface area contributed by atoms with Gasteiger partial charge < -0.3 is 0 Å². The molecule has 0 aliphatic rings. The van der Waals surface area contributed by atoms with Gasteiger partial charge in [0.1, 0.15) is 0 Å². The van der Waals surface area contributed by atoms with E-state index in [1.54, 1.807) is 12.1 Å². The maximum absolute atomic E-state index is 10.8. The van der Waals surface area contributed by atoms with E-state index in [0.717, 1.165) is 9.37 Å². The Kier molecular flexibility index (Phi) is 3.62. The molecule has 0 fully saturated rings. The van der Waals surface area contributed by atoms with Crippen molar-refractivity contribution in [3.63, 3.8) is 0 Å². The molecule has 0 bridgehead atoms. The minimum Gasteiger partial charge on any atom is -0.287 e. The van der Waals surface area contributed by atoms with Crippen molar-refractivity contribution >= 4 is 44.4 Å². The van der Waals surface area contributed by atoms with Crippen molar-refractivity contribution in [2.45, 2.75) is 11.8 Å². The first kappa shape index (κ1) is 10.1. The van der Waals surface area contributed by atoms with Crippen LogP contribution in [0.3, 0.4) is 0 Å². The molecule has 0 aliphatic carbocycles. The lowest BCUT2D eigenvalue weighted by Gasteiger charge is -2.00. The van der Waals surface area contributed by atoms with Gasteiger partial charge in [0.05, 0.1) is 0 Å². The molecular formula is C8H6BrClOS. The van der Waals surface area contributed by atoms with Crippen molar-refractivity contribution in [1.29, 1.82) is 0 Å². The second-order valence-electron chi connectivity index (χ2n) is 2.17. The molecule has 0 saturated heterocycles. The Bertz CT molecular complexity index is 314. The average molecular weight is 266 g/mol. The Morgan fingerprint density at radius 3 is 2.75 bits per heavy atom. The molecule has 1 rings (SSSR count). The fraction of sp³-hybridized carbons (Fsp3) is 0.125. The molecule has 0 aromatic heterocycles. The fourth-order valence-corrected chi connectivity index (χ4v) is 2.24. The summed E-state index contributed by atoms with van der Waals surface area (Å²) in [4.78, 5) is 11.7. The summed E-state index contributed by atoms with van der Waals surface area (Å²) in [5, 5.41) is 0.729. The zero-order valence-electron chi connectivity index (χ0n) is 6.30. The van der Waals surface area contributed by atoms with E-state index < -0.39 is 0 Å². The lowest BCUT2D eigenvalue weighted by atomic mass is 10.4. The van der Waals surface area contributed by atoms with Crippen molar-refractivity contribution in [3.05, 3.63) is 27.7 Å². The second kappa shape index (κ2) is 4.30. The molecule has 0 radical (unpaired) electrons. The molecule has 4 heteroatoms. The number of rotatable bonds is 1. The van der Waals surface area contributed by atoms with Gasteiger partial charge in [-0.2, -0.15) is 0 Å². The van der Waals surface area contributed by atoms with Gasteiger partial charge in [-0.3, -0.25) is 4.79 Å². The van der Waals surface area contributed by atoms with Crippen LogP contribution in [-0.4, -0.2) is 5.12 Å². The average Bonchev–Trinajstić information content (AvgIpc) is 1.94. The van der Waals surface area contributed by atoms with E-state index in [2.05, 4.69) is 15.9 Å². The number of hydrogen-bond donors (Lipinski definition) is 0. The van der Waals surface area contributed by atoms with Crippen LogP contribution in [-0.2, 0) is 4.79 Å². The summed E-state index contributed by atoms with van der Waals surface area (Å²) in [5.41, 5.74) is 0. The number of benzene rings is 1. The normalized spacial score (nSPS) is 9.92. The van der Waals surface area contributed by atoms with E-state index in [4.69, 9.17) is 11.6 Å². The van der Waals surface area contributed by atoms with Crippen molar-refractivity contribution in [3.8, 4) is 0 Å². The van der Waals surface area contributed by atoms with Crippen LogP contribution in [0, 0.1) is 0 Å². The Morgan fingerprint density at radius 1 is 1.58 bits per heavy atom. The van der Waals surface area contributed by atoms with Gasteiger partial charge in [0, 0.05) is 21.3 Å². The van der Waals surface area contributed by atoms with Gasteiger partial charge in [-0.1, -0.05) is 23.4 Å². The zero-order chi connectivity index (χ0) is 9.14. The number of carbonyl (C=O) groups excluding carboxylic acids is 1. The van der Waals surface area contributed by atoms with E-state index in [1.807, 2.05) is 6.07 Å². The largest absolute Gasteiger partial charge is 0.287 e. The fourth-order valence-electron chi connectivity index (χ4n) is 0.713. The summed E-state index contributed by atoms with van der Waals surface area (Å²) >= 11 is 10.2. The van der Waals surface area contributed by atoms with Crippen LogP contribution < -0.4 is 0 Å². The van der Waals surface area contributed by atoms with Gasteiger partial charge in [0.15, 0.2) is 5.12 Å². The van der Waals surface area contributed by atoms with Crippen molar-refractivity contribution < 1.29 is 4.79 Å². The molecule has 1 nitrogen and oxygen atoms in total. The Hall–Kier alpha value is 0.01000. The van der Waals surface area contributed by atoms with Crippen molar-refractivity contribution in [2.75, 3.05) is 0 Å². The van der Waals surface area contributed by atoms with Crippen molar-refractivity contribution in [1.82, 2.24) is 0 Å². The first-order valence-corrected chi connectivity index (χ1v) is 5.22. The summed E-state index contributed by atoms with van der Waals surface area (Å²) in [6, 6.07) is 5.35. The highest BCUT2D eigenvalue weighted by molar-refractivity contribution is 9.10. The van der Waals surface area contributed by atoms with Crippen LogP contribution in [0.4, 0.5) is 0 Å². The maximum Gasteiger partial charge on any atom is 0.190 e. The molecule has 0 N–H and O–H groups in total. The van der Waals surface area contributed by atoms with Crippen LogP contribution in [0.5, 0.6) is 0 Å². The monoisotopic (exact) mass is 264 g/mol. The van der Waals surface area contributed by atoms with Crippen LogP contribution in [0.25, 0.3) is 0 Å². The third-order valence-electron chi connectivity index (χ3n) is 1.15. The van der Waals surface area contributed by atoms with Crippen LogP contribution in [0.2, 0.25) is 5.02 Å². The van der Waals surface area contributed by atoms with E-state index in [9.17, 15) is 4.79 Å². The number of thioether (sulfide) groups is 1. The third-order valence-corrected chi connectivity index (χ3v) is 3.16. The van der Waals surface area contributed by atoms with Gasteiger partial charge >= 0.3 is 0 Å². The first-order valence-electron chi connectivity index (χ1n) is 3.23. The molecule has 1 aromatic carbocycles. The van der Waals surface area contributed by atoms with Gasteiger partial charge in [-0.15, -0.1) is 0 Å². The highest BCUT2D eigenvalue weighted by Gasteiger charge is 2.03. The van der Waals surface area contributed by atoms with E-state index in [0.29, 0.717) is 5.02 Å². The van der Waals surface area contributed by atoms with E-state index >= 15 is 0 Å². The number of hydrogen-bond acceptors (Lipinski definition) is 2.